The standard InChI is InChI=1S/C12H18N4/c1-9-5-6-11(7-13)12(15-9)14-8-10(2)16(3)4/h5-6,10H,8H2,1-4H3,(H,14,15). The SMILES string of the molecule is Cc1ccc(C#N)c(NCC(C)N(C)C)n1. The van der Waals surface area contributed by atoms with Crippen LogP contribution < -0.4 is 5.32 Å². The molecule has 0 aromatic carbocycles. The Labute approximate surface area is 96.9 Å². The van der Waals surface area contributed by atoms with Gasteiger partial charge in [0.25, 0.3) is 0 Å². The van der Waals surface area contributed by atoms with Crippen LogP contribution in [0.3, 0.4) is 0 Å². The molecule has 0 radical (unpaired) electrons. The maximum Gasteiger partial charge on any atom is 0.144 e. The van der Waals surface area contributed by atoms with Crippen molar-refractivity contribution >= 4 is 5.82 Å². The molecule has 1 aromatic rings. The van der Waals surface area contributed by atoms with E-state index in [4.69, 9.17) is 5.26 Å². The summed E-state index contributed by atoms with van der Waals surface area (Å²) >= 11 is 0. The van der Waals surface area contributed by atoms with Gasteiger partial charge < -0.3 is 10.2 Å². The molecule has 0 saturated carbocycles. The normalized spacial score (nSPS) is 12.2. The first kappa shape index (κ1) is 12.5. The van der Waals surface area contributed by atoms with Crippen molar-refractivity contribution in [1.82, 2.24) is 9.88 Å². The first-order valence-electron chi connectivity index (χ1n) is 5.32. The van der Waals surface area contributed by atoms with Crippen molar-refractivity contribution in [3.05, 3.63) is 23.4 Å². The molecule has 0 fully saturated rings. The van der Waals surface area contributed by atoms with Crippen LogP contribution in [0.4, 0.5) is 5.82 Å². The fourth-order valence-corrected chi connectivity index (χ4v) is 1.21. The van der Waals surface area contributed by atoms with Gasteiger partial charge in [0, 0.05) is 18.3 Å². The summed E-state index contributed by atoms with van der Waals surface area (Å²) in [6, 6.07) is 6.18. The van der Waals surface area contributed by atoms with Gasteiger partial charge in [-0.3, -0.25) is 0 Å². The summed E-state index contributed by atoms with van der Waals surface area (Å²) < 4.78 is 0. The monoisotopic (exact) mass is 218 g/mol. The van der Waals surface area contributed by atoms with E-state index in [0.717, 1.165) is 12.2 Å². The van der Waals surface area contributed by atoms with Crippen LogP contribution in [0.25, 0.3) is 0 Å². The molecule has 16 heavy (non-hydrogen) atoms. The Balaban J connectivity index is 2.73. The predicted octanol–water partition coefficient (Wildman–Crippen LogP) is 1.62. The molecule has 1 N–H and O–H groups in total. The molecule has 1 heterocycles. The fraction of sp³-hybridized carbons (Fsp3) is 0.500. The van der Waals surface area contributed by atoms with Crippen LogP contribution in [0, 0.1) is 18.3 Å². The van der Waals surface area contributed by atoms with Crippen LogP contribution in [-0.2, 0) is 0 Å². The number of nitrogens with one attached hydrogen (secondary N) is 1. The highest BCUT2D eigenvalue weighted by molar-refractivity contribution is 5.52. The van der Waals surface area contributed by atoms with Crippen molar-refractivity contribution in [1.29, 1.82) is 5.26 Å². The summed E-state index contributed by atoms with van der Waals surface area (Å²) in [6.45, 7) is 4.81. The van der Waals surface area contributed by atoms with E-state index in [9.17, 15) is 0 Å². The summed E-state index contributed by atoms with van der Waals surface area (Å²) in [6.07, 6.45) is 0. The van der Waals surface area contributed by atoms with Gasteiger partial charge in [-0.1, -0.05) is 0 Å². The Hall–Kier alpha value is -1.60. The molecule has 4 heteroatoms. The van der Waals surface area contributed by atoms with E-state index in [1.807, 2.05) is 27.1 Å². The summed E-state index contributed by atoms with van der Waals surface area (Å²) in [5, 5.41) is 12.2. The van der Waals surface area contributed by atoms with E-state index in [-0.39, 0.29) is 0 Å². The quantitative estimate of drug-likeness (QED) is 0.834. The van der Waals surface area contributed by atoms with Gasteiger partial charge in [0.2, 0.25) is 0 Å². The van der Waals surface area contributed by atoms with Gasteiger partial charge >= 0.3 is 0 Å². The molecule has 4 nitrogen and oxygen atoms in total. The Kier molecular flexibility index (Phi) is 4.27. The molecule has 0 amide bonds. The molecule has 86 valence electrons. The summed E-state index contributed by atoms with van der Waals surface area (Å²) in [7, 11) is 4.06. The first-order chi connectivity index (χ1) is 7.54. The van der Waals surface area contributed by atoms with Gasteiger partial charge in [0.15, 0.2) is 0 Å². The van der Waals surface area contributed by atoms with Gasteiger partial charge in [-0.2, -0.15) is 5.26 Å². The molecule has 0 aliphatic carbocycles. The Morgan fingerprint density at radius 3 is 2.75 bits per heavy atom. The maximum absolute atomic E-state index is 8.94. The molecule has 0 bridgehead atoms. The first-order valence-corrected chi connectivity index (χ1v) is 5.32. The van der Waals surface area contributed by atoms with Crippen molar-refractivity contribution in [3.8, 4) is 6.07 Å². The van der Waals surface area contributed by atoms with Crippen molar-refractivity contribution in [2.24, 2.45) is 0 Å². The summed E-state index contributed by atoms with van der Waals surface area (Å²) in [5.41, 5.74) is 1.51. The summed E-state index contributed by atoms with van der Waals surface area (Å²) in [5.74, 6) is 0.677. The van der Waals surface area contributed by atoms with Crippen molar-refractivity contribution in [3.63, 3.8) is 0 Å². The fourth-order valence-electron chi connectivity index (χ4n) is 1.21. The highest BCUT2D eigenvalue weighted by Crippen LogP contribution is 2.12. The highest BCUT2D eigenvalue weighted by Gasteiger charge is 2.07. The van der Waals surface area contributed by atoms with Crippen LogP contribution in [0.2, 0.25) is 0 Å². The number of aryl methyl sites for hydroxylation is 1. The summed E-state index contributed by atoms with van der Waals surface area (Å²) in [4.78, 5) is 6.44. The molecule has 1 aromatic heterocycles. The topological polar surface area (TPSA) is 52.0 Å². The smallest absolute Gasteiger partial charge is 0.144 e. The molecule has 0 aliphatic heterocycles. The van der Waals surface area contributed by atoms with Crippen LogP contribution in [0.15, 0.2) is 12.1 Å². The lowest BCUT2D eigenvalue weighted by Gasteiger charge is -2.20. The van der Waals surface area contributed by atoms with E-state index in [1.165, 1.54) is 0 Å². The van der Waals surface area contributed by atoms with Crippen LogP contribution in [-0.4, -0.2) is 36.6 Å². The van der Waals surface area contributed by atoms with Gasteiger partial charge in [-0.25, -0.2) is 4.98 Å². The van der Waals surface area contributed by atoms with E-state index < -0.39 is 0 Å². The molecule has 0 saturated heterocycles. The molecule has 1 unspecified atom stereocenters. The van der Waals surface area contributed by atoms with Crippen LogP contribution in [0.1, 0.15) is 18.2 Å². The number of pyridine rings is 1. The maximum atomic E-state index is 8.94. The lowest BCUT2D eigenvalue weighted by atomic mass is 10.2. The second kappa shape index (κ2) is 5.47. The van der Waals surface area contributed by atoms with Crippen molar-refractivity contribution < 1.29 is 0 Å². The van der Waals surface area contributed by atoms with Gasteiger partial charge in [-0.15, -0.1) is 0 Å². The minimum atomic E-state index is 0.397. The van der Waals surface area contributed by atoms with Crippen LogP contribution in [0.5, 0.6) is 0 Å². The molecule has 0 spiro atoms. The number of likely N-dealkylation sites (N-methyl/N-ethyl adjacent to an activating group) is 1. The Morgan fingerprint density at radius 1 is 1.50 bits per heavy atom. The largest absolute Gasteiger partial charge is 0.367 e. The average molecular weight is 218 g/mol. The van der Waals surface area contributed by atoms with Crippen molar-refractivity contribution in [2.75, 3.05) is 26.0 Å². The number of rotatable bonds is 4. The average Bonchev–Trinajstić information content (AvgIpc) is 2.25. The second-order valence-electron chi connectivity index (χ2n) is 4.15. The third-order valence-electron chi connectivity index (χ3n) is 2.60. The second-order valence-corrected chi connectivity index (χ2v) is 4.15. The predicted molar refractivity (Wildman–Crippen MR) is 65.3 cm³/mol. The number of hydrogen-bond acceptors (Lipinski definition) is 4. The lowest BCUT2D eigenvalue weighted by molar-refractivity contribution is 0.326. The highest BCUT2D eigenvalue weighted by atomic mass is 15.1. The number of nitriles is 1. The third-order valence-corrected chi connectivity index (χ3v) is 2.60. The molecule has 1 atom stereocenters. The minimum Gasteiger partial charge on any atom is -0.367 e. The third kappa shape index (κ3) is 3.21. The number of hydrogen-bond donors (Lipinski definition) is 1. The number of nitrogens with zero attached hydrogens (tertiary/aromatic N) is 3. The number of aromatic nitrogens is 1. The van der Waals surface area contributed by atoms with Gasteiger partial charge in [0.1, 0.15) is 11.9 Å². The van der Waals surface area contributed by atoms with E-state index in [1.54, 1.807) is 6.07 Å². The van der Waals surface area contributed by atoms with Gasteiger partial charge in [0.05, 0.1) is 5.56 Å². The van der Waals surface area contributed by atoms with E-state index >= 15 is 0 Å². The van der Waals surface area contributed by atoms with Gasteiger partial charge in [-0.05, 0) is 40.1 Å². The zero-order valence-electron chi connectivity index (χ0n) is 10.3. The molecular weight excluding hydrogens is 200 g/mol. The van der Waals surface area contributed by atoms with E-state index in [2.05, 4.69) is 28.2 Å². The molecule has 1 rings (SSSR count). The zero-order chi connectivity index (χ0) is 12.1. The minimum absolute atomic E-state index is 0.397. The molecular formula is C12H18N4. The Bertz CT molecular complexity index is 392. The zero-order valence-corrected chi connectivity index (χ0v) is 10.3. The Morgan fingerprint density at radius 2 is 2.19 bits per heavy atom. The van der Waals surface area contributed by atoms with Crippen molar-refractivity contribution in [2.45, 2.75) is 19.9 Å². The molecule has 0 aliphatic rings. The number of anilines is 1. The van der Waals surface area contributed by atoms with Crippen LogP contribution >= 0.6 is 0 Å². The van der Waals surface area contributed by atoms with E-state index in [0.29, 0.717) is 17.4 Å². The lowest BCUT2D eigenvalue weighted by Crippen LogP contribution is -2.31.